The van der Waals surface area contributed by atoms with Crippen LogP contribution in [-0.2, 0) is 0 Å². The lowest BCUT2D eigenvalue weighted by molar-refractivity contribution is 0.523. The van der Waals surface area contributed by atoms with Crippen molar-refractivity contribution in [3.05, 3.63) is 34.6 Å². The molecule has 1 aliphatic carbocycles. The first-order valence-electron chi connectivity index (χ1n) is 4.84. The Labute approximate surface area is 88.3 Å². The third kappa shape index (κ3) is 1.91. The van der Waals surface area contributed by atoms with E-state index in [-0.39, 0.29) is 11.9 Å². The van der Waals surface area contributed by atoms with Crippen molar-refractivity contribution in [2.24, 2.45) is 5.92 Å². The molecular weight excluding hydrogens is 201 g/mol. The zero-order valence-electron chi connectivity index (χ0n) is 8.06. The fraction of sp³-hybridized carbons (Fsp3) is 0.455. The first-order chi connectivity index (χ1) is 6.72. The van der Waals surface area contributed by atoms with Crippen LogP contribution < -0.4 is 5.32 Å². The standard InChI is InChI=1S/C11H13ClFN/c1-14-11(7-2-3-7)9-6-8(13)4-5-10(9)12/h4-7,11,14H,2-3H2,1H3. The minimum absolute atomic E-state index is 0.207. The number of hydrogen-bond acceptors (Lipinski definition) is 1. The Bertz CT molecular complexity index is 336. The van der Waals surface area contributed by atoms with Gasteiger partial charge in [-0.2, -0.15) is 0 Å². The molecule has 1 fully saturated rings. The highest BCUT2D eigenvalue weighted by Gasteiger charge is 2.32. The lowest BCUT2D eigenvalue weighted by atomic mass is 10.0. The number of hydrogen-bond donors (Lipinski definition) is 1. The van der Waals surface area contributed by atoms with E-state index in [4.69, 9.17) is 11.6 Å². The molecule has 0 aromatic heterocycles. The zero-order valence-corrected chi connectivity index (χ0v) is 8.81. The molecule has 2 rings (SSSR count). The van der Waals surface area contributed by atoms with E-state index in [0.717, 1.165) is 5.56 Å². The fourth-order valence-corrected chi connectivity index (χ4v) is 2.06. The molecule has 0 saturated heterocycles. The van der Waals surface area contributed by atoms with Crippen LogP contribution in [0.4, 0.5) is 4.39 Å². The van der Waals surface area contributed by atoms with Crippen LogP contribution in [0.3, 0.4) is 0 Å². The van der Waals surface area contributed by atoms with Crippen LogP contribution in [-0.4, -0.2) is 7.05 Å². The largest absolute Gasteiger partial charge is 0.313 e. The van der Waals surface area contributed by atoms with Gasteiger partial charge >= 0.3 is 0 Å². The summed E-state index contributed by atoms with van der Waals surface area (Å²) in [6, 6.07) is 4.75. The predicted molar refractivity (Wildman–Crippen MR) is 55.9 cm³/mol. The lowest BCUT2D eigenvalue weighted by Crippen LogP contribution is -2.18. The minimum Gasteiger partial charge on any atom is -0.313 e. The molecular formula is C11H13ClFN. The number of halogens is 2. The van der Waals surface area contributed by atoms with Crippen LogP contribution in [0.1, 0.15) is 24.4 Å². The first-order valence-corrected chi connectivity index (χ1v) is 5.22. The maximum atomic E-state index is 13.0. The fourth-order valence-electron chi connectivity index (χ4n) is 1.83. The normalized spacial score (nSPS) is 18.2. The molecule has 1 aromatic carbocycles. The highest BCUT2D eigenvalue weighted by molar-refractivity contribution is 6.31. The summed E-state index contributed by atoms with van der Waals surface area (Å²) in [6.45, 7) is 0. The Kier molecular flexibility index (Phi) is 2.75. The summed E-state index contributed by atoms with van der Waals surface area (Å²) in [5.41, 5.74) is 0.886. The molecule has 1 nitrogen and oxygen atoms in total. The van der Waals surface area contributed by atoms with Crippen molar-refractivity contribution in [1.29, 1.82) is 0 Å². The van der Waals surface area contributed by atoms with Gasteiger partial charge in [0, 0.05) is 11.1 Å². The van der Waals surface area contributed by atoms with E-state index >= 15 is 0 Å². The molecule has 1 saturated carbocycles. The van der Waals surface area contributed by atoms with Crippen molar-refractivity contribution in [1.82, 2.24) is 5.32 Å². The summed E-state index contributed by atoms with van der Waals surface area (Å²) >= 11 is 6.03. The molecule has 1 aromatic rings. The molecule has 76 valence electrons. The average Bonchev–Trinajstić information content (AvgIpc) is 2.96. The van der Waals surface area contributed by atoms with Crippen LogP contribution in [0.25, 0.3) is 0 Å². The van der Waals surface area contributed by atoms with Gasteiger partial charge in [0.1, 0.15) is 5.82 Å². The maximum Gasteiger partial charge on any atom is 0.123 e. The van der Waals surface area contributed by atoms with E-state index in [2.05, 4.69) is 5.32 Å². The number of nitrogens with one attached hydrogen (secondary N) is 1. The zero-order chi connectivity index (χ0) is 10.1. The van der Waals surface area contributed by atoms with Gasteiger partial charge in [-0.3, -0.25) is 0 Å². The van der Waals surface area contributed by atoms with Crippen molar-refractivity contribution < 1.29 is 4.39 Å². The summed E-state index contributed by atoms with van der Waals surface area (Å²) < 4.78 is 13.0. The second-order valence-corrected chi connectivity index (χ2v) is 4.18. The molecule has 0 bridgehead atoms. The molecule has 0 heterocycles. The second kappa shape index (κ2) is 3.87. The third-order valence-electron chi connectivity index (χ3n) is 2.70. The Hall–Kier alpha value is -0.600. The SMILES string of the molecule is CNC(c1cc(F)ccc1Cl)C1CC1. The van der Waals surface area contributed by atoms with Gasteiger partial charge in [-0.05, 0) is 49.6 Å². The van der Waals surface area contributed by atoms with Crippen LogP contribution in [0.2, 0.25) is 5.02 Å². The molecule has 0 radical (unpaired) electrons. The van der Waals surface area contributed by atoms with Gasteiger partial charge < -0.3 is 5.32 Å². The van der Waals surface area contributed by atoms with Gasteiger partial charge in [0.05, 0.1) is 0 Å². The summed E-state index contributed by atoms with van der Waals surface area (Å²) in [5.74, 6) is 0.407. The second-order valence-electron chi connectivity index (χ2n) is 3.77. The van der Waals surface area contributed by atoms with Crippen LogP contribution in [0, 0.1) is 11.7 Å². The highest BCUT2D eigenvalue weighted by Crippen LogP contribution is 2.42. The monoisotopic (exact) mass is 213 g/mol. The Morgan fingerprint density at radius 2 is 2.21 bits per heavy atom. The molecule has 1 unspecified atom stereocenters. The van der Waals surface area contributed by atoms with Crippen molar-refractivity contribution in [2.75, 3.05) is 7.05 Å². The third-order valence-corrected chi connectivity index (χ3v) is 3.04. The van der Waals surface area contributed by atoms with Crippen molar-refractivity contribution in [3.8, 4) is 0 Å². The van der Waals surface area contributed by atoms with Crippen molar-refractivity contribution in [3.63, 3.8) is 0 Å². The highest BCUT2D eigenvalue weighted by atomic mass is 35.5. The topological polar surface area (TPSA) is 12.0 Å². The predicted octanol–water partition coefficient (Wildman–Crippen LogP) is 3.15. The molecule has 0 aliphatic heterocycles. The minimum atomic E-state index is -0.217. The van der Waals surface area contributed by atoms with Gasteiger partial charge in [-0.25, -0.2) is 4.39 Å². The smallest absolute Gasteiger partial charge is 0.123 e. The summed E-state index contributed by atoms with van der Waals surface area (Å²) in [5, 5.41) is 3.85. The number of benzene rings is 1. The van der Waals surface area contributed by atoms with Gasteiger partial charge in [0.15, 0.2) is 0 Å². The van der Waals surface area contributed by atoms with E-state index in [1.165, 1.54) is 25.0 Å². The molecule has 1 N–H and O–H groups in total. The Morgan fingerprint density at radius 3 is 2.79 bits per heavy atom. The summed E-state index contributed by atoms with van der Waals surface area (Å²) in [6.07, 6.45) is 2.41. The van der Waals surface area contributed by atoms with E-state index in [9.17, 15) is 4.39 Å². The summed E-state index contributed by atoms with van der Waals surface area (Å²) in [4.78, 5) is 0. The lowest BCUT2D eigenvalue weighted by Gasteiger charge is -2.17. The van der Waals surface area contributed by atoms with Crippen LogP contribution in [0.15, 0.2) is 18.2 Å². The average molecular weight is 214 g/mol. The van der Waals surface area contributed by atoms with E-state index in [0.29, 0.717) is 10.9 Å². The Morgan fingerprint density at radius 1 is 1.50 bits per heavy atom. The Balaban J connectivity index is 2.32. The van der Waals surface area contributed by atoms with Crippen LogP contribution in [0.5, 0.6) is 0 Å². The quantitative estimate of drug-likeness (QED) is 0.814. The van der Waals surface area contributed by atoms with Crippen molar-refractivity contribution in [2.45, 2.75) is 18.9 Å². The maximum absolute atomic E-state index is 13.0. The van der Waals surface area contributed by atoms with Gasteiger partial charge in [0.2, 0.25) is 0 Å². The van der Waals surface area contributed by atoms with Crippen molar-refractivity contribution >= 4 is 11.6 Å². The molecule has 1 aliphatic rings. The molecule has 14 heavy (non-hydrogen) atoms. The first kappa shape index (κ1) is 9.94. The van der Waals surface area contributed by atoms with E-state index in [1.807, 2.05) is 7.05 Å². The van der Waals surface area contributed by atoms with Gasteiger partial charge in [-0.1, -0.05) is 11.6 Å². The molecule has 3 heteroatoms. The molecule has 0 amide bonds. The summed E-state index contributed by atoms with van der Waals surface area (Å²) in [7, 11) is 1.89. The van der Waals surface area contributed by atoms with Gasteiger partial charge in [0.25, 0.3) is 0 Å². The molecule has 0 spiro atoms. The number of rotatable bonds is 3. The molecule has 1 atom stereocenters. The van der Waals surface area contributed by atoms with E-state index in [1.54, 1.807) is 6.07 Å². The van der Waals surface area contributed by atoms with Gasteiger partial charge in [-0.15, -0.1) is 0 Å². The van der Waals surface area contributed by atoms with E-state index < -0.39 is 0 Å². The van der Waals surface area contributed by atoms with Crippen LogP contribution >= 0.6 is 11.6 Å².